The molecule has 2 atom stereocenters. The quantitative estimate of drug-likeness (QED) is 0.823. The van der Waals surface area contributed by atoms with Crippen molar-refractivity contribution in [3.63, 3.8) is 0 Å². The highest BCUT2D eigenvalue weighted by molar-refractivity contribution is 6.03. The number of anilines is 2. The summed E-state index contributed by atoms with van der Waals surface area (Å²) >= 11 is 0. The minimum atomic E-state index is -4.48. The van der Waals surface area contributed by atoms with Gasteiger partial charge in [-0.25, -0.2) is 0 Å². The number of alkyl halides is 3. The fourth-order valence-electron chi connectivity index (χ4n) is 3.01. The number of amides is 2. The van der Waals surface area contributed by atoms with E-state index < -0.39 is 29.5 Å². The molecule has 2 amide bonds. The summed E-state index contributed by atoms with van der Waals surface area (Å²) in [7, 11) is 0. The number of para-hydroxylation sites is 1. The van der Waals surface area contributed by atoms with E-state index in [2.05, 4.69) is 10.6 Å². The molecule has 7 heteroatoms. The monoisotopic (exact) mass is 376 g/mol. The van der Waals surface area contributed by atoms with Crippen LogP contribution in [-0.2, 0) is 15.8 Å². The Kier molecular flexibility index (Phi) is 4.95. The predicted molar refractivity (Wildman–Crippen MR) is 96.2 cm³/mol. The van der Waals surface area contributed by atoms with Crippen LogP contribution in [0.3, 0.4) is 0 Å². The third-order valence-corrected chi connectivity index (χ3v) is 4.65. The van der Waals surface area contributed by atoms with Crippen molar-refractivity contribution in [3.8, 4) is 0 Å². The Morgan fingerprint density at radius 3 is 2.07 bits per heavy atom. The van der Waals surface area contributed by atoms with Gasteiger partial charge in [0, 0.05) is 11.4 Å². The molecule has 142 valence electrons. The number of rotatable bonds is 4. The van der Waals surface area contributed by atoms with Crippen LogP contribution in [0, 0.1) is 25.7 Å². The van der Waals surface area contributed by atoms with E-state index in [4.69, 9.17) is 0 Å². The molecule has 0 saturated heterocycles. The molecule has 4 nitrogen and oxygen atoms in total. The zero-order valence-corrected chi connectivity index (χ0v) is 14.9. The maximum Gasteiger partial charge on any atom is 0.416 e. The Hall–Kier alpha value is -2.83. The van der Waals surface area contributed by atoms with Gasteiger partial charge in [0.2, 0.25) is 11.8 Å². The molecule has 2 aromatic rings. The highest BCUT2D eigenvalue weighted by atomic mass is 19.4. The van der Waals surface area contributed by atoms with Crippen molar-refractivity contribution in [1.29, 1.82) is 0 Å². The first-order valence-electron chi connectivity index (χ1n) is 8.52. The number of hydrogen-bond donors (Lipinski definition) is 2. The molecule has 2 unspecified atom stereocenters. The van der Waals surface area contributed by atoms with Gasteiger partial charge < -0.3 is 10.6 Å². The fraction of sp³-hybridized carbons (Fsp3) is 0.300. The summed E-state index contributed by atoms with van der Waals surface area (Å²) in [6, 6.07) is 10.1. The van der Waals surface area contributed by atoms with E-state index in [9.17, 15) is 22.8 Å². The summed E-state index contributed by atoms with van der Waals surface area (Å²) in [6.07, 6.45) is -4.10. The van der Waals surface area contributed by atoms with E-state index in [0.29, 0.717) is 6.42 Å². The predicted octanol–water partition coefficient (Wildman–Crippen LogP) is 4.54. The normalized spacial score (nSPS) is 18.7. The van der Waals surface area contributed by atoms with Gasteiger partial charge in [0.15, 0.2) is 0 Å². The minimum absolute atomic E-state index is 0.0654. The summed E-state index contributed by atoms with van der Waals surface area (Å²) in [5.41, 5.74) is 1.81. The van der Waals surface area contributed by atoms with Crippen LogP contribution in [-0.4, -0.2) is 11.8 Å². The lowest BCUT2D eigenvalue weighted by Crippen LogP contribution is -2.21. The Balaban J connectivity index is 1.61. The topological polar surface area (TPSA) is 58.2 Å². The van der Waals surface area contributed by atoms with E-state index in [1.165, 1.54) is 12.1 Å². The second kappa shape index (κ2) is 7.06. The average Bonchev–Trinajstić information content (AvgIpc) is 3.38. The Morgan fingerprint density at radius 2 is 1.48 bits per heavy atom. The van der Waals surface area contributed by atoms with Gasteiger partial charge in [-0.2, -0.15) is 13.2 Å². The molecule has 0 spiro atoms. The van der Waals surface area contributed by atoms with Crippen molar-refractivity contribution >= 4 is 23.2 Å². The number of carbonyl (C=O) groups excluding carboxylic acids is 2. The van der Waals surface area contributed by atoms with Crippen molar-refractivity contribution < 1.29 is 22.8 Å². The lowest BCUT2D eigenvalue weighted by Gasteiger charge is -2.12. The molecule has 3 rings (SSSR count). The lowest BCUT2D eigenvalue weighted by molar-refractivity contribution is -0.137. The van der Waals surface area contributed by atoms with Crippen molar-refractivity contribution in [2.45, 2.75) is 26.4 Å². The first kappa shape index (κ1) is 18.9. The molecular weight excluding hydrogens is 357 g/mol. The molecular formula is C20H19F3N2O2. The first-order valence-corrected chi connectivity index (χ1v) is 8.52. The van der Waals surface area contributed by atoms with Gasteiger partial charge in [-0.3, -0.25) is 9.59 Å². The largest absolute Gasteiger partial charge is 0.416 e. The summed E-state index contributed by atoms with van der Waals surface area (Å²) in [5.74, 6) is -1.72. The van der Waals surface area contributed by atoms with Gasteiger partial charge in [-0.1, -0.05) is 24.3 Å². The van der Waals surface area contributed by atoms with E-state index in [-0.39, 0.29) is 11.6 Å². The maximum atomic E-state index is 12.8. The smallest absolute Gasteiger partial charge is 0.326 e. The molecule has 1 aliphatic rings. The Bertz CT molecular complexity index is 873. The molecule has 0 aliphatic heterocycles. The van der Waals surface area contributed by atoms with Crippen molar-refractivity contribution in [1.82, 2.24) is 0 Å². The second-order valence-corrected chi connectivity index (χ2v) is 6.77. The lowest BCUT2D eigenvalue weighted by atomic mass is 10.1. The van der Waals surface area contributed by atoms with Crippen LogP contribution in [0.15, 0.2) is 42.5 Å². The van der Waals surface area contributed by atoms with Crippen LogP contribution < -0.4 is 10.6 Å². The van der Waals surface area contributed by atoms with Gasteiger partial charge in [0.1, 0.15) is 0 Å². The summed E-state index contributed by atoms with van der Waals surface area (Å²) in [6.45, 7) is 3.76. The zero-order valence-electron chi connectivity index (χ0n) is 14.9. The van der Waals surface area contributed by atoms with E-state index in [0.717, 1.165) is 28.9 Å². The molecule has 0 aromatic heterocycles. The minimum Gasteiger partial charge on any atom is -0.326 e. The van der Waals surface area contributed by atoms with Gasteiger partial charge in [-0.05, 0) is 49.6 Å². The summed E-state index contributed by atoms with van der Waals surface area (Å²) in [5, 5.41) is 5.32. The summed E-state index contributed by atoms with van der Waals surface area (Å²) in [4.78, 5) is 24.7. The number of halogens is 3. The van der Waals surface area contributed by atoms with Gasteiger partial charge in [0.25, 0.3) is 0 Å². The second-order valence-electron chi connectivity index (χ2n) is 6.77. The number of aryl methyl sites for hydroxylation is 2. The highest BCUT2D eigenvalue weighted by Crippen LogP contribution is 2.41. The Morgan fingerprint density at radius 1 is 0.926 bits per heavy atom. The van der Waals surface area contributed by atoms with E-state index in [1.807, 2.05) is 32.0 Å². The van der Waals surface area contributed by atoms with Crippen LogP contribution in [0.25, 0.3) is 0 Å². The van der Waals surface area contributed by atoms with Gasteiger partial charge in [0.05, 0.1) is 17.4 Å². The molecule has 2 aromatic carbocycles. The number of benzene rings is 2. The third-order valence-electron chi connectivity index (χ3n) is 4.65. The molecule has 0 heterocycles. The molecule has 1 fully saturated rings. The van der Waals surface area contributed by atoms with Crippen LogP contribution in [0.4, 0.5) is 24.5 Å². The fourth-order valence-corrected chi connectivity index (χ4v) is 3.01. The van der Waals surface area contributed by atoms with Crippen LogP contribution >= 0.6 is 0 Å². The van der Waals surface area contributed by atoms with Crippen molar-refractivity contribution in [3.05, 3.63) is 59.2 Å². The Labute approximate surface area is 154 Å². The SMILES string of the molecule is Cc1cccc(C)c1NC(=O)C1CC1C(=O)Nc1cccc(C(F)(F)F)c1. The highest BCUT2D eigenvalue weighted by Gasteiger charge is 2.48. The first-order chi connectivity index (χ1) is 12.7. The van der Waals surface area contributed by atoms with Crippen LogP contribution in [0.2, 0.25) is 0 Å². The standard InChI is InChI=1S/C20H19F3N2O2/c1-11-5-3-6-12(2)17(11)25-19(27)16-10-15(16)18(26)24-14-8-4-7-13(9-14)20(21,22)23/h3-9,15-16H,10H2,1-2H3,(H,24,26)(H,25,27). The summed E-state index contributed by atoms with van der Waals surface area (Å²) < 4.78 is 38.3. The van der Waals surface area contributed by atoms with Crippen molar-refractivity contribution in [2.24, 2.45) is 11.8 Å². The van der Waals surface area contributed by atoms with Crippen molar-refractivity contribution in [2.75, 3.05) is 10.6 Å². The molecule has 27 heavy (non-hydrogen) atoms. The van der Waals surface area contributed by atoms with Crippen LogP contribution in [0.1, 0.15) is 23.1 Å². The van der Waals surface area contributed by atoms with Crippen LogP contribution in [0.5, 0.6) is 0 Å². The zero-order chi connectivity index (χ0) is 19.8. The maximum absolute atomic E-state index is 12.8. The molecule has 0 radical (unpaired) electrons. The van der Waals surface area contributed by atoms with E-state index >= 15 is 0 Å². The number of hydrogen-bond acceptors (Lipinski definition) is 2. The molecule has 1 aliphatic carbocycles. The number of carbonyl (C=O) groups is 2. The van der Waals surface area contributed by atoms with Gasteiger partial charge in [-0.15, -0.1) is 0 Å². The molecule has 1 saturated carbocycles. The average molecular weight is 376 g/mol. The number of nitrogens with one attached hydrogen (secondary N) is 2. The van der Waals surface area contributed by atoms with E-state index in [1.54, 1.807) is 0 Å². The molecule has 2 N–H and O–H groups in total. The third kappa shape index (κ3) is 4.30. The molecule has 0 bridgehead atoms. The van der Waals surface area contributed by atoms with Gasteiger partial charge >= 0.3 is 6.18 Å².